The number of nitrogens with zero attached hydrogens (tertiary/aromatic N) is 2. The number of carbonyl (C=O) groups excluding carboxylic acids is 1. The third kappa shape index (κ3) is 4.18. The Morgan fingerprint density at radius 1 is 1.18 bits per heavy atom. The van der Waals surface area contributed by atoms with Crippen molar-refractivity contribution in [2.45, 2.75) is 55.6 Å². The zero-order valence-electron chi connectivity index (χ0n) is 15.5. The number of para-hydroxylation sites is 1. The number of sulfonamides is 1. The number of nitro benzene ring substituents is 1. The molecule has 0 aromatic heterocycles. The van der Waals surface area contributed by atoms with Crippen molar-refractivity contribution in [1.29, 1.82) is 0 Å². The maximum Gasteiger partial charge on any atom is 0.289 e. The molecule has 1 amide bonds. The molecule has 1 saturated heterocycles. The fourth-order valence-electron chi connectivity index (χ4n) is 3.96. The Kier molecular flexibility index (Phi) is 6.31. The summed E-state index contributed by atoms with van der Waals surface area (Å²) in [4.78, 5) is 23.4. The molecule has 1 atom stereocenters. The third-order valence-corrected chi connectivity index (χ3v) is 7.36. The smallest absolute Gasteiger partial charge is 0.289 e. The molecule has 10 heteroatoms. The highest BCUT2D eigenvalue weighted by atomic mass is 32.2. The number of rotatable bonds is 5. The minimum Gasteiger partial charge on any atom is -0.393 e. The van der Waals surface area contributed by atoms with E-state index in [2.05, 4.69) is 5.32 Å². The van der Waals surface area contributed by atoms with E-state index in [4.69, 9.17) is 0 Å². The van der Waals surface area contributed by atoms with Crippen molar-refractivity contribution in [3.63, 3.8) is 0 Å². The molecule has 0 radical (unpaired) electrons. The predicted octanol–water partition coefficient (Wildman–Crippen LogP) is 1.42. The lowest BCUT2D eigenvalue weighted by atomic mass is 9.91. The second-order valence-corrected chi connectivity index (χ2v) is 9.15. The molecule has 2 N–H and O–H groups in total. The van der Waals surface area contributed by atoms with Gasteiger partial charge in [-0.15, -0.1) is 0 Å². The molecule has 1 heterocycles. The quantitative estimate of drug-likeness (QED) is 0.553. The second kappa shape index (κ2) is 8.54. The first-order valence-corrected chi connectivity index (χ1v) is 11.0. The molecule has 1 aromatic carbocycles. The largest absolute Gasteiger partial charge is 0.393 e. The molecule has 1 saturated carbocycles. The maximum atomic E-state index is 13.4. The topological polar surface area (TPSA) is 130 Å². The number of hydrogen-bond donors (Lipinski definition) is 2. The van der Waals surface area contributed by atoms with Gasteiger partial charge in [-0.25, -0.2) is 12.7 Å². The molecule has 9 nitrogen and oxygen atoms in total. The summed E-state index contributed by atoms with van der Waals surface area (Å²) in [6, 6.07) is 4.50. The summed E-state index contributed by atoms with van der Waals surface area (Å²) in [5.74, 6) is -1.01. The summed E-state index contributed by atoms with van der Waals surface area (Å²) in [6.45, 7) is 1.16. The van der Waals surface area contributed by atoms with Crippen molar-refractivity contribution in [2.75, 3.05) is 13.1 Å². The lowest BCUT2D eigenvalue weighted by molar-refractivity contribution is -0.387. The highest BCUT2D eigenvalue weighted by Gasteiger charge is 2.42. The minimum absolute atomic E-state index is 0.340. The Morgan fingerprint density at radius 2 is 1.86 bits per heavy atom. The summed E-state index contributed by atoms with van der Waals surface area (Å²) in [5.41, 5.74) is -0.544. The summed E-state index contributed by atoms with van der Waals surface area (Å²) >= 11 is 0. The average Bonchev–Trinajstić information content (AvgIpc) is 2.70. The van der Waals surface area contributed by atoms with Crippen LogP contribution in [0.2, 0.25) is 0 Å². The van der Waals surface area contributed by atoms with Crippen molar-refractivity contribution in [2.24, 2.45) is 5.92 Å². The summed E-state index contributed by atoms with van der Waals surface area (Å²) in [5, 5.41) is 24.3. The molecule has 2 fully saturated rings. The molecule has 0 bridgehead atoms. The van der Waals surface area contributed by atoms with Gasteiger partial charge in [0.05, 0.1) is 16.9 Å². The van der Waals surface area contributed by atoms with Crippen LogP contribution in [0.5, 0.6) is 0 Å². The van der Waals surface area contributed by atoms with Gasteiger partial charge in [0, 0.05) is 18.7 Å². The van der Waals surface area contributed by atoms with Crippen molar-refractivity contribution < 1.29 is 23.2 Å². The third-order valence-electron chi connectivity index (χ3n) is 5.46. The van der Waals surface area contributed by atoms with Crippen LogP contribution in [0.25, 0.3) is 0 Å². The highest BCUT2D eigenvalue weighted by Crippen LogP contribution is 2.33. The van der Waals surface area contributed by atoms with Gasteiger partial charge in [-0.2, -0.15) is 0 Å². The van der Waals surface area contributed by atoms with E-state index in [9.17, 15) is 28.4 Å². The number of aliphatic hydroxyl groups excluding tert-OH is 1. The number of amides is 1. The van der Waals surface area contributed by atoms with Gasteiger partial charge in [0.25, 0.3) is 15.7 Å². The molecule has 2 aliphatic rings. The SMILES string of the molecule is O=C([C@H]1CCCNC1)N([C@H]1CC[C@H](O)CC1)S(=O)(=O)c1ccccc1[N+](=O)[O-]. The monoisotopic (exact) mass is 411 g/mol. The number of nitro groups is 1. The number of carbonyl (C=O) groups is 1. The van der Waals surface area contributed by atoms with E-state index in [-0.39, 0.29) is 0 Å². The molecule has 0 unspecified atom stereocenters. The standard InChI is InChI=1S/C18H25N3O6S/c22-15-9-7-14(8-10-15)20(18(23)13-4-3-11-19-12-13)28(26,27)17-6-2-1-5-16(17)21(24)25/h1-2,5-6,13-15,19,22H,3-4,7-12H2/t13-,14-,15-/m0/s1. The molecular weight excluding hydrogens is 386 g/mol. The summed E-state index contributed by atoms with van der Waals surface area (Å²) in [6.07, 6.45) is 2.29. The van der Waals surface area contributed by atoms with E-state index in [0.29, 0.717) is 38.6 Å². The molecular formula is C18H25N3O6S. The van der Waals surface area contributed by atoms with Gasteiger partial charge >= 0.3 is 0 Å². The number of hydrogen-bond acceptors (Lipinski definition) is 7. The van der Waals surface area contributed by atoms with Gasteiger partial charge in [-0.1, -0.05) is 12.1 Å². The maximum absolute atomic E-state index is 13.4. The fraction of sp³-hybridized carbons (Fsp3) is 0.611. The van der Waals surface area contributed by atoms with Crippen LogP contribution in [0.3, 0.4) is 0 Å². The molecule has 1 aromatic rings. The molecule has 1 aliphatic carbocycles. The first kappa shape index (κ1) is 20.7. The van der Waals surface area contributed by atoms with Gasteiger partial charge in [0.2, 0.25) is 5.91 Å². The molecule has 0 spiro atoms. The fourth-order valence-corrected chi connectivity index (χ4v) is 5.82. The molecule has 3 rings (SSSR count). The van der Waals surface area contributed by atoms with Gasteiger partial charge in [-0.3, -0.25) is 14.9 Å². The van der Waals surface area contributed by atoms with E-state index >= 15 is 0 Å². The molecule has 28 heavy (non-hydrogen) atoms. The lowest BCUT2D eigenvalue weighted by Crippen LogP contribution is -2.51. The van der Waals surface area contributed by atoms with E-state index in [1.807, 2.05) is 0 Å². The molecule has 1 aliphatic heterocycles. The highest BCUT2D eigenvalue weighted by molar-refractivity contribution is 7.89. The average molecular weight is 411 g/mol. The van der Waals surface area contributed by atoms with Crippen LogP contribution >= 0.6 is 0 Å². The van der Waals surface area contributed by atoms with E-state index in [1.54, 1.807) is 0 Å². The van der Waals surface area contributed by atoms with Gasteiger partial charge in [-0.05, 0) is 51.1 Å². The van der Waals surface area contributed by atoms with Gasteiger partial charge in [0.15, 0.2) is 4.90 Å². The number of nitrogens with one attached hydrogen (secondary N) is 1. The van der Waals surface area contributed by atoms with E-state index in [1.165, 1.54) is 18.2 Å². The minimum atomic E-state index is -4.41. The Labute approximate surface area is 163 Å². The Morgan fingerprint density at radius 3 is 2.46 bits per heavy atom. The van der Waals surface area contributed by atoms with Crippen LogP contribution in [0.1, 0.15) is 38.5 Å². The zero-order chi connectivity index (χ0) is 20.3. The van der Waals surface area contributed by atoms with Crippen LogP contribution in [0.4, 0.5) is 5.69 Å². The number of piperidine rings is 1. The van der Waals surface area contributed by atoms with Crippen LogP contribution in [-0.4, -0.2) is 53.9 Å². The normalized spacial score (nSPS) is 25.8. The number of aliphatic hydroxyl groups is 1. The Bertz CT molecular complexity index is 829. The Hall–Kier alpha value is -2.04. The van der Waals surface area contributed by atoms with E-state index in [0.717, 1.165) is 23.3 Å². The van der Waals surface area contributed by atoms with Gasteiger partial charge < -0.3 is 10.4 Å². The van der Waals surface area contributed by atoms with Crippen LogP contribution in [-0.2, 0) is 14.8 Å². The summed E-state index contributed by atoms with van der Waals surface area (Å²) in [7, 11) is -4.41. The van der Waals surface area contributed by atoms with E-state index < -0.39 is 49.5 Å². The number of benzene rings is 1. The van der Waals surface area contributed by atoms with Crippen LogP contribution in [0, 0.1) is 16.0 Å². The van der Waals surface area contributed by atoms with Crippen LogP contribution < -0.4 is 5.32 Å². The Balaban J connectivity index is 2.02. The lowest BCUT2D eigenvalue weighted by Gasteiger charge is -2.37. The summed E-state index contributed by atoms with van der Waals surface area (Å²) < 4.78 is 27.8. The van der Waals surface area contributed by atoms with Crippen molar-refractivity contribution >= 4 is 21.6 Å². The zero-order valence-corrected chi connectivity index (χ0v) is 16.3. The van der Waals surface area contributed by atoms with Crippen molar-refractivity contribution in [3.8, 4) is 0 Å². The van der Waals surface area contributed by atoms with Crippen molar-refractivity contribution in [3.05, 3.63) is 34.4 Å². The molecule has 154 valence electrons. The predicted molar refractivity (Wildman–Crippen MR) is 101 cm³/mol. The van der Waals surface area contributed by atoms with Crippen LogP contribution in [0.15, 0.2) is 29.2 Å². The first-order valence-electron chi connectivity index (χ1n) is 9.53. The van der Waals surface area contributed by atoms with Gasteiger partial charge in [0.1, 0.15) is 0 Å². The first-order chi connectivity index (χ1) is 13.3. The van der Waals surface area contributed by atoms with Crippen molar-refractivity contribution in [1.82, 2.24) is 9.62 Å². The second-order valence-electron chi connectivity index (χ2n) is 7.37.